The number of hydrogen-bond donors (Lipinski definition) is 1. The van der Waals surface area contributed by atoms with E-state index in [1.165, 1.54) is 22.5 Å². The van der Waals surface area contributed by atoms with Crippen LogP contribution in [0.4, 0.5) is 0 Å². The zero-order valence-corrected chi connectivity index (χ0v) is 12.6. The molecule has 0 saturated carbocycles. The number of imidazole rings is 1. The maximum atomic E-state index is 12.2. The van der Waals surface area contributed by atoms with Crippen molar-refractivity contribution >= 4 is 17.1 Å². The van der Waals surface area contributed by atoms with Gasteiger partial charge in [0.15, 0.2) is 11.2 Å². The highest BCUT2D eigenvalue weighted by molar-refractivity contribution is 5.79. The minimum atomic E-state index is -0.457. The van der Waals surface area contributed by atoms with Gasteiger partial charge in [-0.05, 0) is 13.3 Å². The van der Waals surface area contributed by atoms with Crippen LogP contribution in [-0.4, -0.2) is 30.6 Å². The number of aryl methyl sites for hydroxylation is 1. The van der Waals surface area contributed by atoms with Crippen molar-refractivity contribution in [3.63, 3.8) is 0 Å². The summed E-state index contributed by atoms with van der Waals surface area (Å²) < 4.78 is 3.77. The first-order valence-electron chi connectivity index (χ1n) is 6.77. The minimum Gasteiger partial charge on any atom is -0.352 e. The van der Waals surface area contributed by atoms with E-state index >= 15 is 0 Å². The Hall–Kier alpha value is -2.38. The lowest BCUT2D eigenvalue weighted by Gasteiger charge is -2.12. The Morgan fingerprint density at radius 1 is 1.33 bits per heavy atom. The first-order valence-corrected chi connectivity index (χ1v) is 6.77. The smallest absolute Gasteiger partial charge is 0.332 e. The summed E-state index contributed by atoms with van der Waals surface area (Å²) in [5, 5.41) is 2.83. The van der Waals surface area contributed by atoms with Crippen molar-refractivity contribution in [3.8, 4) is 0 Å². The summed E-state index contributed by atoms with van der Waals surface area (Å²) in [4.78, 5) is 40.0. The molecule has 2 heterocycles. The summed E-state index contributed by atoms with van der Waals surface area (Å²) in [5.74, 6) is -0.195. The van der Waals surface area contributed by atoms with Crippen molar-refractivity contribution in [2.75, 3.05) is 0 Å². The van der Waals surface area contributed by atoms with Crippen LogP contribution in [0.1, 0.15) is 20.3 Å². The molecule has 8 heteroatoms. The Morgan fingerprint density at radius 2 is 2.00 bits per heavy atom. The second-order valence-electron chi connectivity index (χ2n) is 5.13. The molecule has 8 nitrogen and oxygen atoms in total. The van der Waals surface area contributed by atoms with Gasteiger partial charge in [0.2, 0.25) is 5.91 Å². The number of rotatable bonds is 4. The first kappa shape index (κ1) is 15.0. The predicted octanol–water partition coefficient (Wildman–Crippen LogP) is -0.652. The molecule has 0 radical (unpaired) electrons. The van der Waals surface area contributed by atoms with E-state index in [2.05, 4.69) is 10.3 Å². The molecule has 1 atom stereocenters. The molecule has 0 spiro atoms. The Morgan fingerprint density at radius 3 is 2.62 bits per heavy atom. The third-order valence-corrected chi connectivity index (χ3v) is 3.55. The summed E-state index contributed by atoms with van der Waals surface area (Å²) in [6, 6.07) is 0.0690. The molecule has 0 fully saturated rings. The second-order valence-corrected chi connectivity index (χ2v) is 5.13. The molecule has 0 unspecified atom stereocenters. The minimum absolute atomic E-state index is 0.00567. The zero-order valence-electron chi connectivity index (χ0n) is 12.6. The van der Waals surface area contributed by atoms with E-state index in [1.54, 1.807) is 7.05 Å². The molecule has 0 aliphatic heterocycles. The largest absolute Gasteiger partial charge is 0.352 e. The van der Waals surface area contributed by atoms with Crippen LogP contribution < -0.4 is 16.6 Å². The van der Waals surface area contributed by atoms with Gasteiger partial charge in [-0.15, -0.1) is 0 Å². The average molecular weight is 293 g/mol. The van der Waals surface area contributed by atoms with Crippen LogP contribution in [0, 0.1) is 0 Å². The lowest BCUT2D eigenvalue weighted by molar-refractivity contribution is -0.122. The van der Waals surface area contributed by atoms with Gasteiger partial charge in [0, 0.05) is 20.1 Å². The van der Waals surface area contributed by atoms with Crippen LogP contribution in [0.15, 0.2) is 15.9 Å². The zero-order chi connectivity index (χ0) is 15.7. The van der Waals surface area contributed by atoms with Gasteiger partial charge in [0.05, 0.1) is 6.33 Å². The number of aromatic nitrogens is 4. The van der Waals surface area contributed by atoms with E-state index in [4.69, 9.17) is 0 Å². The van der Waals surface area contributed by atoms with Crippen LogP contribution in [0.5, 0.6) is 0 Å². The van der Waals surface area contributed by atoms with E-state index in [1.807, 2.05) is 13.8 Å². The number of nitrogens with one attached hydrogen (secondary N) is 1. The van der Waals surface area contributed by atoms with Crippen molar-refractivity contribution in [1.29, 1.82) is 0 Å². The highest BCUT2D eigenvalue weighted by atomic mass is 16.2. The molecular weight excluding hydrogens is 274 g/mol. The van der Waals surface area contributed by atoms with Gasteiger partial charge in [-0.1, -0.05) is 6.92 Å². The second kappa shape index (κ2) is 5.55. The van der Waals surface area contributed by atoms with Crippen LogP contribution in [0.25, 0.3) is 11.2 Å². The Kier molecular flexibility index (Phi) is 3.97. The predicted molar refractivity (Wildman–Crippen MR) is 78.1 cm³/mol. The van der Waals surface area contributed by atoms with Crippen LogP contribution >= 0.6 is 0 Å². The van der Waals surface area contributed by atoms with Gasteiger partial charge in [0.25, 0.3) is 5.56 Å². The lowest BCUT2D eigenvalue weighted by atomic mass is 10.2. The molecule has 1 amide bonds. The van der Waals surface area contributed by atoms with E-state index in [0.29, 0.717) is 0 Å². The molecule has 2 aromatic heterocycles. The molecule has 0 aliphatic rings. The molecule has 0 aromatic carbocycles. The van der Waals surface area contributed by atoms with Gasteiger partial charge < -0.3 is 9.88 Å². The summed E-state index contributed by atoms with van der Waals surface area (Å²) in [5.41, 5.74) is -0.373. The standard InChI is InChI=1S/C13H19N5O3/c1-5-8(2)15-9(19)6-18-7-14-11-10(18)12(20)17(4)13(21)16(11)3/h7-8H,5-6H2,1-4H3,(H,15,19)/t8-/m0/s1. The third-order valence-electron chi connectivity index (χ3n) is 3.55. The van der Waals surface area contributed by atoms with Crippen LogP contribution in [0.3, 0.4) is 0 Å². The molecule has 114 valence electrons. The van der Waals surface area contributed by atoms with E-state index in [0.717, 1.165) is 11.0 Å². The summed E-state index contributed by atoms with van der Waals surface area (Å²) >= 11 is 0. The first-order chi connectivity index (χ1) is 9.86. The SMILES string of the molecule is CC[C@H](C)NC(=O)Cn1cnc2c1c(=O)n(C)c(=O)n2C. The summed E-state index contributed by atoms with van der Waals surface area (Å²) in [7, 11) is 2.95. The fourth-order valence-corrected chi connectivity index (χ4v) is 2.09. The van der Waals surface area contributed by atoms with Gasteiger partial charge in [-0.25, -0.2) is 9.78 Å². The van der Waals surface area contributed by atoms with Crippen molar-refractivity contribution in [2.24, 2.45) is 14.1 Å². The number of hydrogen-bond acceptors (Lipinski definition) is 4. The fraction of sp³-hybridized carbons (Fsp3) is 0.538. The molecule has 2 rings (SSSR count). The van der Waals surface area contributed by atoms with Crippen molar-refractivity contribution in [2.45, 2.75) is 32.9 Å². The van der Waals surface area contributed by atoms with Crippen molar-refractivity contribution in [3.05, 3.63) is 27.2 Å². The average Bonchev–Trinajstić information content (AvgIpc) is 2.86. The molecule has 1 N–H and O–H groups in total. The topological polar surface area (TPSA) is 90.9 Å². The molecule has 0 aliphatic carbocycles. The van der Waals surface area contributed by atoms with Gasteiger partial charge >= 0.3 is 5.69 Å². The Bertz CT molecular complexity index is 798. The van der Waals surface area contributed by atoms with E-state index < -0.39 is 11.2 Å². The van der Waals surface area contributed by atoms with Gasteiger partial charge in [-0.2, -0.15) is 0 Å². The summed E-state index contributed by atoms with van der Waals surface area (Å²) in [6.07, 6.45) is 2.23. The Balaban J connectivity index is 2.46. The Labute approximate surface area is 121 Å². The number of nitrogens with zero attached hydrogens (tertiary/aromatic N) is 4. The number of carbonyl (C=O) groups excluding carboxylic acids is 1. The fourth-order valence-electron chi connectivity index (χ4n) is 2.09. The monoisotopic (exact) mass is 293 g/mol. The maximum Gasteiger partial charge on any atom is 0.332 e. The van der Waals surface area contributed by atoms with Crippen LogP contribution in [0.2, 0.25) is 0 Å². The molecular formula is C13H19N5O3. The normalized spacial score (nSPS) is 12.6. The van der Waals surface area contributed by atoms with Gasteiger partial charge in [0.1, 0.15) is 6.54 Å². The van der Waals surface area contributed by atoms with Crippen molar-refractivity contribution in [1.82, 2.24) is 24.0 Å². The summed E-state index contributed by atoms with van der Waals surface area (Å²) in [6.45, 7) is 3.88. The van der Waals surface area contributed by atoms with Gasteiger partial charge in [-0.3, -0.25) is 18.7 Å². The number of amides is 1. The number of fused-ring (bicyclic) bond motifs is 1. The lowest BCUT2D eigenvalue weighted by Crippen LogP contribution is -2.38. The highest BCUT2D eigenvalue weighted by Gasteiger charge is 2.16. The van der Waals surface area contributed by atoms with Crippen LogP contribution in [-0.2, 0) is 25.4 Å². The van der Waals surface area contributed by atoms with E-state index in [9.17, 15) is 14.4 Å². The molecule has 0 saturated heterocycles. The third kappa shape index (κ3) is 2.61. The maximum absolute atomic E-state index is 12.2. The number of carbonyl (C=O) groups is 1. The van der Waals surface area contributed by atoms with Crippen molar-refractivity contribution < 1.29 is 4.79 Å². The van der Waals surface area contributed by atoms with E-state index in [-0.39, 0.29) is 29.7 Å². The molecule has 2 aromatic rings. The highest BCUT2D eigenvalue weighted by Crippen LogP contribution is 2.05. The molecule has 0 bridgehead atoms. The quantitative estimate of drug-likeness (QED) is 0.811. The molecule has 21 heavy (non-hydrogen) atoms.